The normalized spacial score (nSPS) is 19.1. The van der Waals surface area contributed by atoms with Gasteiger partial charge in [-0.25, -0.2) is 8.78 Å². The smallest absolute Gasteiger partial charge is 0.462 e. The molecule has 0 aromatic heterocycles. The van der Waals surface area contributed by atoms with Gasteiger partial charge in [-0.05, 0) is 6.92 Å². The SMILES string of the molecule is CC(CC(F)(OC(F)(F)C(F)(F)C(F)(F)F)C(F)(F)F)(C(=O)OCCOP(=O)([O-])O)C(F)(OC(F)(F)C(F)(F)C(F)(F)F)C(F)(F)F.[NH3+]CCO. The molecule has 0 heterocycles. The number of carbonyl (C=O) groups is 1. The lowest BCUT2D eigenvalue weighted by atomic mass is 9.75. The Labute approximate surface area is 265 Å². The third-order valence-electron chi connectivity index (χ3n) is 5.26. The van der Waals surface area contributed by atoms with Crippen LogP contribution < -0.4 is 10.6 Å². The third kappa shape index (κ3) is 11.4. The maximum atomic E-state index is 15.4. The molecule has 0 saturated heterocycles. The van der Waals surface area contributed by atoms with Gasteiger partial charge in [-0.2, -0.15) is 87.8 Å². The summed E-state index contributed by atoms with van der Waals surface area (Å²) in [5.41, 5.74) is -2.91. The van der Waals surface area contributed by atoms with Crippen LogP contribution in [-0.4, -0.2) is 103 Å². The number of halogens is 22. The van der Waals surface area contributed by atoms with Crippen LogP contribution in [-0.2, 0) is 28.1 Å². The average molecular weight is 841 g/mol. The molecule has 0 amide bonds. The van der Waals surface area contributed by atoms with E-state index in [-0.39, 0.29) is 6.61 Å². The number of rotatable bonds is 15. The number of ether oxygens (including phenoxy) is 3. The van der Waals surface area contributed by atoms with Crippen LogP contribution in [0.15, 0.2) is 0 Å². The minimum atomic E-state index is -8.10. The van der Waals surface area contributed by atoms with Crippen LogP contribution >= 0.6 is 7.82 Å². The Kier molecular flexibility index (Phi) is 15.7. The summed E-state index contributed by atoms with van der Waals surface area (Å²) in [6.07, 6.45) is -52.2. The summed E-state index contributed by atoms with van der Waals surface area (Å²) in [6, 6.07) is 0. The monoisotopic (exact) mass is 841 g/mol. The summed E-state index contributed by atoms with van der Waals surface area (Å²) in [7, 11) is -5.98. The van der Waals surface area contributed by atoms with E-state index in [2.05, 4.69) is 15.0 Å². The zero-order valence-corrected chi connectivity index (χ0v) is 24.7. The van der Waals surface area contributed by atoms with Crippen molar-refractivity contribution in [3.63, 3.8) is 0 Å². The molecule has 4 atom stereocenters. The number of hydrogen-bond donors (Lipinski definition) is 3. The molecular formula is C18H18F22NO9P. The molecule has 0 aliphatic carbocycles. The molecule has 0 spiro atoms. The fourth-order valence-electron chi connectivity index (χ4n) is 2.73. The highest BCUT2D eigenvalue weighted by Crippen LogP contribution is 2.61. The summed E-state index contributed by atoms with van der Waals surface area (Å²) in [4.78, 5) is 31.0. The Balaban J connectivity index is 0. The summed E-state index contributed by atoms with van der Waals surface area (Å²) in [5.74, 6) is -35.3. The van der Waals surface area contributed by atoms with Crippen LogP contribution in [0.2, 0.25) is 0 Å². The zero-order valence-electron chi connectivity index (χ0n) is 23.8. The topological polar surface area (TPSA) is 162 Å². The lowest BCUT2D eigenvalue weighted by Crippen LogP contribution is -2.68. The van der Waals surface area contributed by atoms with Crippen LogP contribution in [0, 0.1) is 5.41 Å². The summed E-state index contributed by atoms with van der Waals surface area (Å²) in [5, 5.41) is 7.81. The number of hydrogen-bond acceptors (Lipinski definition) is 8. The second-order valence-electron chi connectivity index (χ2n) is 9.22. The zero-order chi connectivity index (χ0) is 41.9. The molecule has 0 fully saturated rings. The summed E-state index contributed by atoms with van der Waals surface area (Å²) in [6.45, 7) is -4.85. The van der Waals surface area contributed by atoms with E-state index >= 15 is 4.39 Å². The van der Waals surface area contributed by atoms with Gasteiger partial charge in [0.1, 0.15) is 12.0 Å². The summed E-state index contributed by atoms with van der Waals surface area (Å²) < 4.78 is 314. The van der Waals surface area contributed by atoms with Gasteiger partial charge in [-0.15, -0.1) is 0 Å². The molecule has 0 radical (unpaired) electrons. The average Bonchev–Trinajstić information content (AvgIpc) is 2.86. The number of phosphoric ester groups is 1. The van der Waals surface area contributed by atoms with E-state index in [0.29, 0.717) is 6.54 Å². The van der Waals surface area contributed by atoms with E-state index in [0.717, 1.165) is 0 Å². The van der Waals surface area contributed by atoms with Gasteiger partial charge in [0, 0.05) is 6.42 Å². The van der Waals surface area contributed by atoms with Crippen molar-refractivity contribution < 1.29 is 145 Å². The van der Waals surface area contributed by atoms with Crippen molar-refractivity contribution in [3.8, 4) is 0 Å². The molecule has 51 heavy (non-hydrogen) atoms. The van der Waals surface area contributed by atoms with Gasteiger partial charge in [0.05, 0.1) is 19.8 Å². The molecule has 4 unspecified atom stereocenters. The molecule has 0 aliphatic heterocycles. The predicted octanol–water partition coefficient (Wildman–Crippen LogP) is 4.69. The number of aliphatic hydroxyl groups excluding tert-OH is 1. The highest BCUT2D eigenvalue weighted by atomic mass is 31.2. The van der Waals surface area contributed by atoms with Crippen LogP contribution in [0.1, 0.15) is 13.3 Å². The van der Waals surface area contributed by atoms with Crippen molar-refractivity contribution in [2.45, 2.75) is 73.8 Å². The Bertz CT molecular complexity index is 1200. The van der Waals surface area contributed by atoms with E-state index in [1.807, 2.05) is 0 Å². The Morgan fingerprint density at radius 2 is 1.02 bits per heavy atom. The molecule has 33 heteroatoms. The molecule has 0 saturated carbocycles. The van der Waals surface area contributed by atoms with Crippen molar-refractivity contribution in [2.24, 2.45) is 5.41 Å². The van der Waals surface area contributed by atoms with Crippen LogP contribution in [0.25, 0.3) is 0 Å². The molecule has 0 bridgehead atoms. The van der Waals surface area contributed by atoms with Gasteiger partial charge in [0.25, 0.3) is 7.82 Å². The van der Waals surface area contributed by atoms with E-state index in [1.54, 1.807) is 9.47 Å². The summed E-state index contributed by atoms with van der Waals surface area (Å²) >= 11 is 0. The van der Waals surface area contributed by atoms with Crippen LogP contribution in [0.3, 0.4) is 0 Å². The lowest BCUT2D eigenvalue weighted by molar-refractivity contribution is -0.508. The van der Waals surface area contributed by atoms with Gasteiger partial charge in [0.15, 0.2) is 0 Å². The standard InChI is InChI=1S/C16H11F22O8P.C2H7NO/c1-6(5(39)43-2-3-44-47(40,41)42,10(22,14(32,33)34)46-16(37,38)9(20,21)13(29,30)31)4-7(17,11(23,24)25)45-15(35,36)8(18,19)12(26,27)28;3-1-2-4/h2-4H2,1H3,(H2,40,41,42);4H,1-3H2. The molecule has 0 aliphatic rings. The number of esters is 1. The Morgan fingerprint density at radius 3 is 1.29 bits per heavy atom. The molecular weight excluding hydrogens is 823 g/mol. The van der Waals surface area contributed by atoms with Gasteiger partial charge in [-0.3, -0.25) is 18.8 Å². The first kappa shape index (κ1) is 51.0. The van der Waals surface area contributed by atoms with Crippen molar-refractivity contribution in [1.82, 2.24) is 0 Å². The molecule has 10 nitrogen and oxygen atoms in total. The van der Waals surface area contributed by atoms with Crippen molar-refractivity contribution in [2.75, 3.05) is 26.4 Å². The van der Waals surface area contributed by atoms with Gasteiger partial charge < -0.3 is 29.9 Å². The van der Waals surface area contributed by atoms with Gasteiger partial charge in [-0.1, -0.05) is 0 Å². The number of quaternary nitrogens is 1. The first-order valence-electron chi connectivity index (χ1n) is 11.7. The Morgan fingerprint density at radius 1 is 0.667 bits per heavy atom. The predicted molar refractivity (Wildman–Crippen MR) is 108 cm³/mol. The fraction of sp³-hybridized carbons (Fsp3) is 0.944. The van der Waals surface area contributed by atoms with E-state index < -0.39 is 106 Å². The largest absolute Gasteiger partial charge is 0.756 e. The van der Waals surface area contributed by atoms with E-state index in [4.69, 9.17) is 10.00 Å². The quantitative estimate of drug-likeness (QED) is 0.0920. The molecule has 5 N–H and O–H groups in total. The highest BCUT2D eigenvalue weighted by Gasteiger charge is 2.85. The van der Waals surface area contributed by atoms with E-state index in [1.165, 1.54) is 0 Å². The maximum Gasteiger partial charge on any atom is 0.462 e. The second-order valence-corrected chi connectivity index (χ2v) is 10.4. The molecule has 0 aromatic carbocycles. The number of carbonyl (C=O) groups excluding carboxylic acids is 1. The molecule has 308 valence electrons. The highest BCUT2D eigenvalue weighted by molar-refractivity contribution is 7.44. The number of aliphatic hydroxyl groups is 1. The second kappa shape index (κ2) is 15.7. The molecule has 0 rings (SSSR count). The first-order chi connectivity index (χ1) is 21.9. The number of phosphoric acid groups is 1. The first-order valence-corrected chi connectivity index (χ1v) is 13.2. The minimum Gasteiger partial charge on any atom is -0.756 e. The van der Waals surface area contributed by atoms with E-state index in [9.17, 15) is 106 Å². The van der Waals surface area contributed by atoms with Gasteiger partial charge >= 0.3 is 66.4 Å². The third-order valence-corrected chi connectivity index (χ3v) is 5.77. The van der Waals surface area contributed by atoms with Crippen molar-refractivity contribution in [1.29, 1.82) is 0 Å². The van der Waals surface area contributed by atoms with Gasteiger partial charge in [0.2, 0.25) is 0 Å². The molecule has 0 aromatic rings. The van der Waals surface area contributed by atoms with Crippen LogP contribution in [0.4, 0.5) is 96.6 Å². The van der Waals surface area contributed by atoms with Crippen molar-refractivity contribution in [3.05, 3.63) is 0 Å². The van der Waals surface area contributed by atoms with Crippen LogP contribution in [0.5, 0.6) is 0 Å². The Hall–Kier alpha value is -2.12. The fourth-order valence-corrected chi connectivity index (χ4v) is 3.04. The minimum absolute atomic E-state index is 0.208. The maximum absolute atomic E-state index is 15.4. The number of alkyl halides is 22. The van der Waals surface area contributed by atoms with Crippen molar-refractivity contribution >= 4 is 13.8 Å². The lowest BCUT2D eigenvalue weighted by Gasteiger charge is -2.46.